The maximum absolute atomic E-state index is 13.9. The van der Waals surface area contributed by atoms with Gasteiger partial charge >= 0.3 is 11.7 Å². The lowest BCUT2D eigenvalue weighted by Gasteiger charge is -2.18. The van der Waals surface area contributed by atoms with Crippen molar-refractivity contribution in [1.29, 1.82) is 0 Å². The molecule has 2 rings (SSSR count). The molecular weight excluding hydrogens is 283 g/mol. The molecule has 8 heteroatoms. The van der Waals surface area contributed by atoms with Gasteiger partial charge in [0, 0.05) is 12.1 Å². The van der Waals surface area contributed by atoms with Gasteiger partial charge in [0.1, 0.15) is 0 Å². The zero-order valence-corrected chi connectivity index (χ0v) is 11.3. The summed E-state index contributed by atoms with van der Waals surface area (Å²) in [4.78, 5) is 20.9. The SMILES string of the molecule is COc1cc(NC(CC(=O)O)C2CC2)c(F)cc1[N+](=O)[O-]. The topological polar surface area (TPSA) is 102 Å². The summed E-state index contributed by atoms with van der Waals surface area (Å²) in [5, 5.41) is 22.5. The minimum Gasteiger partial charge on any atom is -0.490 e. The van der Waals surface area contributed by atoms with Crippen LogP contribution in [0.3, 0.4) is 0 Å². The van der Waals surface area contributed by atoms with Crippen LogP contribution in [0.2, 0.25) is 0 Å². The second-order valence-corrected chi connectivity index (χ2v) is 4.95. The first-order valence-electron chi connectivity index (χ1n) is 6.42. The maximum Gasteiger partial charge on any atom is 0.313 e. The van der Waals surface area contributed by atoms with Crippen LogP contribution in [0.4, 0.5) is 15.8 Å². The number of carboxylic acid groups (broad SMARTS) is 1. The molecule has 0 heterocycles. The molecule has 0 amide bonds. The Morgan fingerprint density at radius 2 is 2.29 bits per heavy atom. The van der Waals surface area contributed by atoms with Crippen LogP contribution in [0, 0.1) is 21.8 Å². The lowest BCUT2D eigenvalue weighted by Crippen LogP contribution is -2.25. The van der Waals surface area contributed by atoms with E-state index in [9.17, 15) is 19.3 Å². The fraction of sp³-hybridized carbons (Fsp3) is 0.462. The quantitative estimate of drug-likeness (QED) is 0.592. The van der Waals surface area contributed by atoms with Gasteiger partial charge in [0.2, 0.25) is 0 Å². The van der Waals surface area contributed by atoms with Crippen LogP contribution in [-0.4, -0.2) is 29.2 Å². The first kappa shape index (κ1) is 15.0. The van der Waals surface area contributed by atoms with E-state index >= 15 is 0 Å². The van der Waals surface area contributed by atoms with E-state index in [4.69, 9.17) is 9.84 Å². The highest BCUT2D eigenvalue weighted by molar-refractivity contribution is 5.69. The Labute approximate surface area is 119 Å². The Kier molecular flexibility index (Phi) is 4.25. The summed E-state index contributed by atoms with van der Waals surface area (Å²) in [7, 11) is 1.25. The number of hydrogen-bond acceptors (Lipinski definition) is 5. The van der Waals surface area contributed by atoms with E-state index in [2.05, 4.69) is 5.32 Å². The molecule has 1 aliphatic carbocycles. The number of hydrogen-bond donors (Lipinski definition) is 2. The highest BCUT2D eigenvalue weighted by Gasteiger charge is 2.33. The molecule has 1 aromatic rings. The molecule has 0 spiro atoms. The van der Waals surface area contributed by atoms with Crippen molar-refractivity contribution in [3.63, 3.8) is 0 Å². The zero-order chi connectivity index (χ0) is 15.6. The minimum absolute atomic E-state index is 0.00981. The van der Waals surface area contributed by atoms with E-state index in [0.717, 1.165) is 18.9 Å². The lowest BCUT2D eigenvalue weighted by molar-refractivity contribution is -0.385. The molecule has 21 heavy (non-hydrogen) atoms. The number of rotatable bonds is 7. The van der Waals surface area contributed by atoms with Gasteiger partial charge in [0.25, 0.3) is 0 Å². The van der Waals surface area contributed by atoms with Gasteiger partial charge in [-0.25, -0.2) is 4.39 Å². The van der Waals surface area contributed by atoms with E-state index in [1.807, 2.05) is 0 Å². The number of nitro groups is 1. The Hall–Kier alpha value is -2.38. The van der Waals surface area contributed by atoms with Crippen LogP contribution in [0.5, 0.6) is 5.75 Å². The first-order chi connectivity index (χ1) is 9.92. The summed E-state index contributed by atoms with van der Waals surface area (Å²) in [6, 6.07) is 1.56. The molecule has 0 aromatic heterocycles. The van der Waals surface area contributed by atoms with Crippen molar-refractivity contribution in [3.05, 3.63) is 28.1 Å². The Morgan fingerprint density at radius 3 is 2.76 bits per heavy atom. The van der Waals surface area contributed by atoms with E-state index in [-0.39, 0.29) is 23.8 Å². The number of benzene rings is 1. The second kappa shape index (κ2) is 5.94. The molecule has 0 aliphatic heterocycles. The standard InChI is InChI=1S/C13H15FN2O5/c1-21-12-5-10(8(14)4-11(12)16(19)20)15-9(6-13(17)18)7-2-3-7/h4-5,7,9,15H,2-3,6H2,1H3,(H,17,18). The van der Waals surface area contributed by atoms with E-state index in [0.29, 0.717) is 0 Å². The van der Waals surface area contributed by atoms with Crippen molar-refractivity contribution in [2.45, 2.75) is 25.3 Å². The Bertz CT molecular complexity index is 574. The predicted molar refractivity (Wildman–Crippen MR) is 72.0 cm³/mol. The van der Waals surface area contributed by atoms with Crippen molar-refractivity contribution >= 4 is 17.3 Å². The predicted octanol–water partition coefficient (Wildman–Crippen LogP) is 2.41. The third-order valence-electron chi connectivity index (χ3n) is 3.39. The molecular formula is C13H15FN2O5. The molecule has 1 aromatic carbocycles. The molecule has 1 atom stereocenters. The second-order valence-electron chi connectivity index (χ2n) is 4.95. The number of halogens is 1. The van der Waals surface area contributed by atoms with Crippen molar-refractivity contribution in [3.8, 4) is 5.75 Å². The lowest BCUT2D eigenvalue weighted by atomic mass is 10.1. The van der Waals surface area contributed by atoms with E-state index in [1.165, 1.54) is 13.2 Å². The van der Waals surface area contributed by atoms with Crippen LogP contribution in [-0.2, 0) is 4.79 Å². The molecule has 0 saturated heterocycles. The van der Waals surface area contributed by atoms with Gasteiger partial charge in [-0.3, -0.25) is 14.9 Å². The fourth-order valence-electron chi connectivity index (χ4n) is 2.18. The zero-order valence-electron chi connectivity index (χ0n) is 11.3. The van der Waals surface area contributed by atoms with Gasteiger partial charge in [-0.1, -0.05) is 0 Å². The molecule has 1 unspecified atom stereocenters. The smallest absolute Gasteiger partial charge is 0.313 e. The van der Waals surface area contributed by atoms with Crippen molar-refractivity contribution in [2.75, 3.05) is 12.4 Å². The summed E-state index contributed by atoms with van der Waals surface area (Å²) >= 11 is 0. The van der Waals surface area contributed by atoms with Crippen molar-refractivity contribution < 1.29 is 24.0 Å². The average molecular weight is 298 g/mol. The van der Waals surface area contributed by atoms with E-state index in [1.54, 1.807) is 0 Å². The number of carbonyl (C=O) groups is 1. The fourth-order valence-corrected chi connectivity index (χ4v) is 2.18. The van der Waals surface area contributed by atoms with Crippen molar-refractivity contribution in [2.24, 2.45) is 5.92 Å². The van der Waals surface area contributed by atoms with E-state index < -0.39 is 28.4 Å². The van der Waals surface area contributed by atoms with Crippen LogP contribution in [0.25, 0.3) is 0 Å². The highest BCUT2D eigenvalue weighted by atomic mass is 19.1. The average Bonchev–Trinajstić information content (AvgIpc) is 3.23. The molecule has 2 N–H and O–H groups in total. The summed E-state index contributed by atoms with van der Waals surface area (Å²) in [5.41, 5.74) is -0.461. The maximum atomic E-state index is 13.9. The third-order valence-corrected chi connectivity index (χ3v) is 3.39. The molecule has 0 bridgehead atoms. The monoisotopic (exact) mass is 298 g/mol. The summed E-state index contributed by atoms with van der Waals surface area (Å²) in [6.45, 7) is 0. The number of nitrogens with one attached hydrogen (secondary N) is 1. The van der Waals surface area contributed by atoms with Gasteiger partial charge in [-0.05, 0) is 18.8 Å². The Balaban J connectivity index is 2.26. The summed E-state index contributed by atoms with van der Waals surface area (Å²) in [6.07, 6.45) is 1.64. The number of nitrogens with zero attached hydrogens (tertiary/aromatic N) is 1. The van der Waals surface area contributed by atoms with Gasteiger partial charge < -0.3 is 15.2 Å². The third kappa shape index (κ3) is 3.59. The highest BCUT2D eigenvalue weighted by Crippen LogP contribution is 2.38. The van der Waals surface area contributed by atoms with Crippen LogP contribution in [0.1, 0.15) is 19.3 Å². The molecule has 7 nitrogen and oxygen atoms in total. The summed E-state index contributed by atoms with van der Waals surface area (Å²) in [5.74, 6) is -1.68. The molecule has 1 aliphatic rings. The minimum atomic E-state index is -0.978. The first-order valence-corrected chi connectivity index (χ1v) is 6.42. The summed E-state index contributed by atoms with van der Waals surface area (Å²) < 4.78 is 18.8. The van der Waals surface area contributed by atoms with Gasteiger partial charge in [0.05, 0.1) is 30.2 Å². The number of aliphatic carboxylic acids is 1. The van der Waals surface area contributed by atoms with Gasteiger partial charge in [0.15, 0.2) is 11.6 Å². The number of anilines is 1. The molecule has 0 radical (unpaired) electrons. The van der Waals surface area contributed by atoms with Crippen LogP contribution < -0.4 is 10.1 Å². The van der Waals surface area contributed by atoms with Crippen molar-refractivity contribution in [1.82, 2.24) is 0 Å². The Morgan fingerprint density at radius 1 is 1.62 bits per heavy atom. The number of ether oxygens (including phenoxy) is 1. The van der Waals surface area contributed by atoms with Gasteiger partial charge in [-0.15, -0.1) is 0 Å². The molecule has 1 fully saturated rings. The number of methoxy groups -OCH3 is 1. The van der Waals surface area contributed by atoms with Crippen LogP contribution >= 0.6 is 0 Å². The van der Waals surface area contributed by atoms with Crippen LogP contribution in [0.15, 0.2) is 12.1 Å². The normalized spacial score (nSPS) is 15.3. The number of nitro benzene ring substituents is 1. The molecule has 114 valence electrons. The number of carboxylic acids is 1. The van der Waals surface area contributed by atoms with Gasteiger partial charge in [-0.2, -0.15) is 0 Å². The largest absolute Gasteiger partial charge is 0.490 e. The molecule has 1 saturated carbocycles.